The molecule has 1 aliphatic rings. The number of carbonyl (C=O) groups is 2. The average Bonchev–Trinajstić information content (AvgIpc) is 2.92. The predicted octanol–water partition coefficient (Wildman–Crippen LogP) is 4.19. The van der Waals surface area contributed by atoms with Gasteiger partial charge in [0.15, 0.2) is 6.61 Å². The lowest BCUT2D eigenvalue weighted by Gasteiger charge is -2.31. The van der Waals surface area contributed by atoms with E-state index in [1.165, 1.54) is 12.8 Å². The molecular weight excluding hydrogens is 342 g/mol. The highest BCUT2D eigenvalue weighted by molar-refractivity contribution is 5.79. The van der Waals surface area contributed by atoms with Gasteiger partial charge >= 0.3 is 5.97 Å². The zero-order chi connectivity index (χ0) is 19.6. The van der Waals surface area contributed by atoms with E-state index in [-0.39, 0.29) is 30.9 Å². The summed E-state index contributed by atoms with van der Waals surface area (Å²) in [5.41, 5.74) is 2.12. The van der Waals surface area contributed by atoms with Crippen molar-refractivity contribution in [3.8, 4) is 5.75 Å². The van der Waals surface area contributed by atoms with Gasteiger partial charge in [0.1, 0.15) is 5.75 Å². The molecule has 0 unspecified atom stereocenters. The molecule has 0 heterocycles. The zero-order valence-corrected chi connectivity index (χ0v) is 17.0. The number of hydrogen-bond donors (Lipinski definition) is 0. The van der Waals surface area contributed by atoms with E-state index in [1.54, 1.807) is 6.92 Å². The minimum atomic E-state index is -0.251. The lowest BCUT2D eigenvalue weighted by atomic mass is 10.1. The van der Waals surface area contributed by atoms with Crippen LogP contribution >= 0.6 is 0 Å². The molecular formula is C22H33NO4. The molecule has 150 valence electrons. The summed E-state index contributed by atoms with van der Waals surface area (Å²) in [6.07, 6.45) is 6.93. The second kappa shape index (κ2) is 11.0. The van der Waals surface area contributed by atoms with E-state index in [1.807, 2.05) is 36.9 Å². The standard InChI is InChI=1S/C22H33NO4/c1-4-26-22(25)13-14-23(19-9-7-5-6-8-10-19)21(24)16-27-20-15-17(2)11-12-18(20)3/h11-12,15,19H,4-10,13-14,16H2,1-3H3. The summed E-state index contributed by atoms with van der Waals surface area (Å²) in [5, 5.41) is 0. The Labute approximate surface area is 163 Å². The molecule has 0 aromatic heterocycles. The van der Waals surface area contributed by atoms with Crippen LogP contribution < -0.4 is 4.74 Å². The van der Waals surface area contributed by atoms with Crippen LogP contribution in [-0.2, 0) is 14.3 Å². The van der Waals surface area contributed by atoms with Crippen LogP contribution in [0.2, 0.25) is 0 Å². The average molecular weight is 376 g/mol. The van der Waals surface area contributed by atoms with E-state index in [9.17, 15) is 9.59 Å². The van der Waals surface area contributed by atoms with E-state index in [0.717, 1.165) is 42.6 Å². The lowest BCUT2D eigenvalue weighted by Crippen LogP contribution is -2.44. The number of esters is 1. The largest absolute Gasteiger partial charge is 0.483 e. The van der Waals surface area contributed by atoms with Gasteiger partial charge in [-0.15, -0.1) is 0 Å². The smallest absolute Gasteiger partial charge is 0.307 e. The highest BCUT2D eigenvalue weighted by Gasteiger charge is 2.25. The first-order chi connectivity index (χ1) is 13.0. The minimum Gasteiger partial charge on any atom is -0.483 e. The predicted molar refractivity (Wildman–Crippen MR) is 106 cm³/mol. The summed E-state index contributed by atoms with van der Waals surface area (Å²) in [6, 6.07) is 6.17. The summed E-state index contributed by atoms with van der Waals surface area (Å²) in [4.78, 5) is 26.6. The molecule has 1 aromatic rings. The summed E-state index contributed by atoms with van der Waals surface area (Å²) >= 11 is 0. The van der Waals surface area contributed by atoms with E-state index in [4.69, 9.17) is 9.47 Å². The van der Waals surface area contributed by atoms with Gasteiger partial charge in [0.05, 0.1) is 13.0 Å². The Morgan fingerprint density at radius 1 is 1.11 bits per heavy atom. The van der Waals surface area contributed by atoms with E-state index < -0.39 is 0 Å². The first-order valence-corrected chi connectivity index (χ1v) is 10.2. The topological polar surface area (TPSA) is 55.8 Å². The van der Waals surface area contributed by atoms with E-state index in [0.29, 0.717) is 13.2 Å². The second-order valence-corrected chi connectivity index (χ2v) is 7.35. The van der Waals surface area contributed by atoms with Gasteiger partial charge in [-0.2, -0.15) is 0 Å². The van der Waals surface area contributed by atoms with Gasteiger partial charge in [-0.05, 0) is 50.8 Å². The van der Waals surface area contributed by atoms with Crippen molar-refractivity contribution in [3.63, 3.8) is 0 Å². The lowest BCUT2D eigenvalue weighted by molar-refractivity contribution is -0.145. The van der Waals surface area contributed by atoms with Gasteiger partial charge in [-0.25, -0.2) is 0 Å². The number of benzene rings is 1. The highest BCUT2D eigenvalue weighted by Crippen LogP contribution is 2.23. The summed E-state index contributed by atoms with van der Waals surface area (Å²) < 4.78 is 10.9. The quantitative estimate of drug-likeness (QED) is 0.505. The molecule has 1 amide bonds. The Bertz CT molecular complexity index is 621. The minimum absolute atomic E-state index is 0.00359. The maximum Gasteiger partial charge on any atom is 0.307 e. The summed E-state index contributed by atoms with van der Waals surface area (Å²) in [7, 11) is 0. The SMILES string of the molecule is CCOC(=O)CCN(C(=O)COc1cc(C)ccc1C)C1CCCCCC1. The molecule has 0 atom stereocenters. The summed E-state index contributed by atoms with van der Waals surface area (Å²) in [5.74, 6) is 0.445. The molecule has 1 fully saturated rings. The van der Waals surface area contributed by atoms with Crippen molar-refractivity contribution in [2.75, 3.05) is 19.8 Å². The first kappa shape index (κ1) is 21.3. The van der Waals surface area contributed by atoms with Crippen molar-refractivity contribution in [2.45, 2.75) is 71.8 Å². The molecule has 1 aliphatic carbocycles. The van der Waals surface area contributed by atoms with Crippen LogP contribution in [0.15, 0.2) is 18.2 Å². The molecule has 0 aliphatic heterocycles. The number of hydrogen-bond acceptors (Lipinski definition) is 4. The van der Waals surface area contributed by atoms with Crippen molar-refractivity contribution in [1.29, 1.82) is 0 Å². The molecule has 0 radical (unpaired) electrons. The van der Waals surface area contributed by atoms with Crippen LogP contribution in [0.5, 0.6) is 5.75 Å². The number of ether oxygens (including phenoxy) is 2. The van der Waals surface area contributed by atoms with Crippen LogP contribution in [0.1, 0.15) is 63.0 Å². The van der Waals surface area contributed by atoms with Crippen molar-refractivity contribution >= 4 is 11.9 Å². The number of rotatable bonds is 8. The van der Waals surface area contributed by atoms with Crippen molar-refractivity contribution in [2.24, 2.45) is 0 Å². The van der Waals surface area contributed by atoms with Gasteiger partial charge < -0.3 is 14.4 Å². The van der Waals surface area contributed by atoms with Gasteiger partial charge in [-0.1, -0.05) is 37.8 Å². The van der Waals surface area contributed by atoms with Crippen molar-refractivity contribution < 1.29 is 19.1 Å². The Balaban J connectivity index is 2.02. The first-order valence-electron chi connectivity index (χ1n) is 10.2. The number of carbonyl (C=O) groups excluding carboxylic acids is 2. The Morgan fingerprint density at radius 2 is 1.81 bits per heavy atom. The molecule has 2 rings (SSSR count). The maximum absolute atomic E-state index is 12.9. The third-order valence-corrected chi connectivity index (χ3v) is 5.14. The van der Waals surface area contributed by atoms with Gasteiger partial charge in [-0.3, -0.25) is 9.59 Å². The molecule has 5 heteroatoms. The Morgan fingerprint density at radius 3 is 2.48 bits per heavy atom. The third-order valence-electron chi connectivity index (χ3n) is 5.14. The Kier molecular flexibility index (Phi) is 8.62. The maximum atomic E-state index is 12.9. The molecule has 1 saturated carbocycles. The van der Waals surface area contributed by atoms with Crippen LogP contribution in [-0.4, -0.2) is 42.6 Å². The molecule has 0 bridgehead atoms. The van der Waals surface area contributed by atoms with Crippen LogP contribution in [0.25, 0.3) is 0 Å². The Hall–Kier alpha value is -2.04. The number of nitrogens with zero attached hydrogens (tertiary/aromatic N) is 1. The summed E-state index contributed by atoms with van der Waals surface area (Å²) in [6.45, 7) is 6.55. The molecule has 5 nitrogen and oxygen atoms in total. The van der Waals surface area contributed by atoms with Crippen LogP contribution in [0.3, 0.4) is 0 Å². The zero-order valence-electron chi connectivity index (χ0n) is 17.0. The van der Waals surface area contributed by atoms with Gasteiger partial charge in [0, 0.05) is 12.6 Å². The second-order valence-electron chi connectivity index (χ2n) is 7.35. The van der Waals surface area contributed by atoms with Crippen LogP contribution in [0.4, 0.5) is 0 Å². The van der Waals surface area contributed by atoms with E-state index >= 15 is 0 Å². The molecule has 1 aromatic carbocycles. The number of aryl methyl sites for hydroxylation is 2. The highest BCUT2D eigenvalue weighted by atomic mass is 16.5. The van der Waals surface area contributed by atoms with Crippen molar-refractivity contribution in [1.82, 2.24) is 4.90 Å². The fourth-order valence-corrected chi connectivity index (χ4v) is 3.61. The molecule has 0 saturated heterocycles. The monoisotopic (exact) mass is 375 g/mol. The molecule has 0 spiro atoms. The van der Waals surface area contributed by atoms with Gasteiger partial charge in [0.25, 0.3) is 5.91 Å². The van der Waals surface area contributed by atoms with Gasteiger partial charge in [0.2, 0.25) is 0 Å². The number of amides is 1. The normalized spacial score (nSPS) is 15.1. The third kappa shape index (κ3) is 6.89. The molecule has 27 heavy (non-hydrogen) atoms. The van der Waals surface area contributed by atoms with Crippen LogP contribution in [0, 0.1) is 13.8 Å². The molecule has 0 N–H and O–H groups in total. The van der Waals surface area contributed by atoms with Crippen molar-refractivity contribution in [3.05, 3.63) is 29.3 Å². The fraction of sp³-hybridized carbons (Fsp3) is 0.636. The fourth-order valence-electron chi connectivity index (χ4n) is 3.61. The van der Waals surface area contributed by atoms with E-state index in [2.05, 4.69) is 0 Å².